The van der Waals surface area contributed by atoms with Crippen molar-refractivity contribution < 1.29 is 14.3 Å². The topological polar surface area (TPSA) is 46.5 Å². The Labute approximate surface area is 94.0 Å². The van der Waals surface area contributed by atoms with Crippen molar-refractivity contribution in [3.8, 4) is 0 Å². The van der Waals surface area contributed by atoms with Gasteiger partial charge in [0.05, 0.1) is 6.61 Å². The average molecular weight is 232 g/mol. The van der Waals surface area contributed by atoms with Crippen molar-refractivity contribution in [2.45, 2.75) is 58.4 Å². The number of Topliss-reactive ketones (excluding diaryl/α,β-unsaturated/α-hetero) is 1. The van der Waals surface area contributed by atoms with Gasteiger partial charge in [-0.05, 0) is 25.1 Å². The van der Waals surface area contributed by atoms with E-state index in [1.807, 2.05) is 0 Å². The SMILES string of the molecule is C[C@H](O[Si](C)(C)C(C)(C)C)C(=O)CCO. The molecule has 0 amide bonds. The number of hydrogen-bond donors (Lipinski definition) is 1. The monoisotopic (exact) mass is 232 g/mol. The Morgan fingerprint density at radius 2 is 1.87 bits per heavy atom. The maximum atomic E-state index is 11.5. The number of rotatable bonds is 5. The van der Waals surface area contributed by atoms with Gasteiger partial charge in [-0.2, -0.15) is 0 Å². The Balaban J connectivity index is 4.40. The highest BCUT2D eigenvalue weighted by atomic mass is 28.4. The minimum atomic E-state index is -1.86. The van der Waals surface area contributed by atoms with E-state index in [0.717, 1.165) is 0 Å². The van der Waals surface area contributed by atoms with Gasteiger partial charge in [-0.1, -0.05) is 20.8 Å². The molecule has 0 aromatic carbocycles. The first kappa shape index (κ1) is 14.8. The molecule has 1 N–H and O–H groups in total. The molecular weight excluding hydrogens is 208 g/mol. The summed E-state index contributed by atoms with van der Waals surface area (Å²) in [5.41, 5.74) is 0. The largest absolute Gasteiger partial charge is 0.407 e. The lowest BCUT2D eigenvalue weighted by atomic mass is 10.2. The summed E-state index contributed by atoms with van der Waals surface area (Å²) in [6, 6.07) is 0. The third-order valence-electron chi connectivity index (χ3n) is 3.09. The van der Waals surface area contributed by atoms with Crippen molar-refractivity contribution in [3.63, 3.8) is 0 Å². The summed E-state index contributed by atoms with van der Waals surface area (Å²) in [4.78, 5) is 11.5. The normalized spacial score (nSPS) is 15.1. The van der Waals surface area contributed by atoms with Crippen molar-refractivity contribution in [2.75, 3.05) is 6.61 Å². The number of carbonyl (C=O) groups is 1. The Morgan fingerprint density at radius 1 is 1.40 bits per heavy atom. The summed E-state index contributed by atoms with van der Waals surface area (Å²) in [6.45, 7) is 12.3. The van der Waals surface area contributed by atoms with E-state index in [9.17, 15) is 4.79 Å². The van der Waals surface area contributed by atoms with Crippen LogP contribution in [0.2, 0.25) is 18.1 Å². The van der Waals surface area contributed by atoms with E-state index in [4.69, 9.17) is 9.53 Å². The summed E-state index contributed by atoms with van der Waals surface area (Å²) in [5.74, 6) is -0.0117. The summed E-state index contributed by atoms with van der Waals surface area (Å²) in [7, 11) is -1.86. The number of aliphatic hydroxyl groups is 1. The maximum absolute atomic E-state index is 11.5. The molecule has 0 unspecified atom stereocenters. The predicted octanol–water partition coefficient (Wildman–Crippen LogP) is 2.35. The Kier molecular flexibility index (Phi) is 5.16. The molecule has 15 heavy (non-hydrogen) atoms. The van der Waals surface area contributed by atoms with Gasteiger partial charge in [0.1, 0.15) is 6.10 Å². The van der Waals surface area contributed by atoms with E-state index in [1.165, 1.54) is 0 Å². The van der Waals surface area contributed by atoms with Gasteiger partial charge >= 0.3 is 0 Å². The zero-order chi connectivity index (χ0) is 12.3. The minimum Gasteiger partial charge on any atom is -0.407 e. The third kappa shape index (κ3) is 4.45. The second kappa shape index (κ2) is 5.23. The van der Waals surface area contributed by atoms with E-state index < -0.39 is 14.4 Å². The quantitative estimate of drug-likeness (QED) is 0.740. The molecule has 0 spiro atoms. The predicted molar refractivity (Wildman–Crippen MR) is 64.5 cm³/mol. The highest BCUT2D eigenvalue weighted by Crippen LogP contribution is 2.37. The first-order chi connectivity index (χ1) is 6.62. The molecule has 0 aliphatic heterocycles. The zero-order valence-corrected chi connectivity index (χ0v) is 11.8. The van der Waals surface area contributed by atoms with E-state index in [1.54, 1.807) is 6.92 Å². The molecule has 0 saturated carbocycles. The van der Waals surface area contributed by atoms with Gasteiger partial charge in [0.25, 0.3) is 0 Å². The fourth-order valence-corrected chi connectivity index (χ4v) is 2.37. The van der Waals surface area contributed by atoms with E-state index in [2.05, 4.69) is 33.9 Å². The lowest BCUT2D eigenvalue weighted by Gasteiger charge is -2.38. The number of aliphatic hydroxyl groups excluding tert-OH is 1. The molecule has 0 radical (unpaired) electrons. The molecule has 1 atom stereocenters. The molecule has 0 saturated heterocycles. The van der Waals surface area contributed by atoms with Crippen LogP contribution >= 0.6 is 0 Å². The lowest BCUT2D eigenvalue weighted by molar-refractivity contribution is -0.126. The van der Waals surface area contributed by atoms with Crippen LogP contribution in [0.15, 0.2) is 0 Å². The first-order valence-corrected chi connectivity index (χ1v) is 8.34. The number of hydrogen-bond acceptors (Lipinski definition) is 3. The van der Waals surface area contributed by atoms with E-state index in [0.29, 0.717) is 0 Å². The van der Waals surface area contributed by atoms with Gasteiger partial charge < -0.3 is 9.53 Å². The first-order valence-electron chi connectivity index (χ1n) is 5.43. The second-order valence-corrected chi connectivity index (χ2v) is 10.2. The van der Waals surface area contributed by atoms with Crippen molar-refractivity contribution in [1.29, 1.82) is 0 Å². The van der Waals surface area contributed by atoms with E-state index >= 15 is 0 Å². The summed E-state index contributed by atoms with van der Waals surface area (Å²) >= 11 is 0. The molecule has 0 aromatic rings. The highest BCUT2D eigenvalue weighted by Gasteiger charge is 2.39. The minimum absolute atomic E-state index is 0.0117. The van der Waals surface area contributed by atoms with Crippen molar-refractivity contribution in [1.82, 2.24) is 0 Å². The standard InChI is InChI=1S/C11H24O3Si/c1-9(10(13)7-8-12)14-15(5,6)11(2,3)4/h9,12H,7-8H2,1-6H3/t9-/m0/s1. The third-order valence-corrected chi connectivity index (χ3v) is 7.64. The average Bonchev–Trinajstić information content (AvgIpc) is 2.01. The van der Waals surface area contributed by atoms with Crippen LogP contribution in [0.1, 0.15) is 34.1 Å². The van der Waals surface area contributed by atoms with Crippen LogP contribution in [0.3, 0.4) is 0 Å². The lowest BCUT2D eigenvalue weighted by Crippen LogP contribution is -2.45. The fraction of sp³-hybridized carbons (Fsp3) is 0.909. The van der Waals surface area contributed by atoms with Crippen LogP contribution in [0.4, 0.5) is 0 Å². The molecule has 0 aromatic heterocycles. The Morgan fingerprint density at radius 3 is 2.20 bits per heavy atom. The molecule has 0 aliphatic carbocycles. The van der Waals surface area contributed by atoms with Crippen LogP contribution in [0, 0.1) is 0 Å². The molecule has 0 rings (SSSR count). The molecule has 0 fully saturated rings. The highest BCUT2D eigenvalue weighted by molar-refractivity contribution is 6.74. The van der Waals surface area contributed by atoms with Gasteiger partial charge in [0.15, 0.2) is 14.1 Å². The molecule has 0 aliphatic rings. The molecule has 0 heterocycles. The number of carbonyl (C=O) groups excluding carboxylic acids is 1. The van der Waals surface area contributed by atoms with Crippen LogP contribution in [0.25, 0.3) is 0 Å². The van der Waals surface area contributed by atoms with Crippen molar-refractivity contribution >= 4 is 14.1 Å². The molecule has 90 valence electrons. The van der Waals surface area contributed by atoms with Gasteiger partial charge in [-0.15, -0.1) is 0 Å². The van der Waals surface area contributed by atoms with Crippen LogP contribution in [-0.2, 0) is 9.22 Å². The zero-order valence-electron chi connectivity index (χ0n) is 10.8. The summed E-state index contributed by atoms with van der Waals surface area (Å²) in [6.07, 6.45) is -0.200. The van der Waals surface area contributed by atoms with Crippen LogP contribution < -0.4 is 0 Å². The second-order valence-electron chi connectivity index (χ2n) is 5.46. The van der Waals surface area contributed by atoms with Crippen LogP contribution in [0.5, 0.6) is 0 Å². The fourth-order valence-electron chi connectivity index (χ4n) is 0.998. The summed E-state index contributed by atoms with van der Waals surface area (Å²) in [5, 5.41) is 8.79. The van der Waals surface area contributed by atoms with Crippen molar-refractivity contribution in [2.24, 2.45) is 0 Å². The summed E-state index contributed by atoms with van der Waals surface area (Å²) < 4.78 is 5.89. The molecule has 3 nitrogen and oxygen atoms in total. The molecular formula is C11H24O3Si. The Bertz CT molecular complexity index is 218. The van der Waals surface area contributed by atoms with E-state index in [-0.39, 0.29) is 23.8 Å². The van der Waals surface area contributed by atoms with Gasteiger partial charge in [0, 0.05) is 6.42 Å². The van der Waals surface area contributed by atoms with Gasteiger partial charge in [0.2, 0.25) is 0 Å². The smallest absolute Gasteiger partial charge is 0.193 e. The molecule has 4 heteroatoms. The maximum Gasteiger partial charge on any atom is 0.193 e. The Hall–Kier alpha value is -0.193. The van der Waals surface area contributed by atoms with Gasteiger partial charge in [-0.25, -0.2) is 0 Å². The van der Waals surface area contributed by atoms with Crippen molar-refractivity contribution in [3.05, 3.63) is 0 Å². The van der Waals surface area contributed by atoms with Gasteiger partial charge in [-0.3, -0.25) is 4.79 Å². The molecule has 0 bridgehead atoms. The van der Waals surface area contributed by atoms with Crippen LogP contribution in [-0.4, -0.2) is 31.9 Å². The number of ketones is 1.